The molecule has 1 unspecified atom stereocenters. The van der Waals surface area contributed by atoms with E-state index in [4.69, 9.17) is 0 Å². The third-order valence-corrected chi connectivity index (χ3v) is 7.91. The van der Waals surface area contributed by atoms with E-state index >= 15 is 0 Å². The number of sulfonamides is 1. The Morgan fingerprint density at radius 1 is 1.09 bits per heavy atom. The molecule has 1 amide bonds. The van der Waals surface area contributed by atoms with Crippen LogP contribution in [-0.4, -0.2) is 35.8 Å². The SMILES string of the molecule is Cc1ccc(S(=O)(=O)N2CCCCC2C)cc1C(=O)Nc1cc(-n2cccc2)ccc1F. The maximum absolute atomic E-state index is 14.4. The van der Waals surface area contributed by atoms with Crippen LogP contribution >= 0.6 is 0 Å². The van der Waals surface area contributed by atoms with E-state index < -0.39 is 21.7 Å². The number of halogens is 1. The van der Waals surface area contributed by atoms with E-state index in [9.17, 15) is 17.6 Å². The molecule has 0 radical (unpaired) electrons. The summed E-state index contributed by atoms with van der Waals surface area (Å²) < 4.78 is 44.1. The maximum Gasteiger partial charge on any atom is 0.256 e. The summed E-state index contributed by atoms with van der Waals surface area (Å²) >= 11 is 0. The van der Waals surface area contributed by atoms with E-state index in [1.807, 2.05) is 31.5 Å². The average Bonchev–Trinajstić information content (AvgIpc) is 3.30. The van der Waals surface area contributed by atoms with E-state index in [1.165, 1.54) is 22.5 Å². The molecule has 0 saturated carbocycles. The Morgan fingerprint density at radius 3 is 2.56 bits per heavy atom. The van der Waals surface area contributed by atoms with Gasteiger partial charge in [-0.05, 0) is 74.7 Å². The van der Waals surface area contributed by atoms with Gasteiger partial charge in [-0.3, -0.25) is 4.79 Å². The van der Waals surface area contributed by atoms with E-state index in [1.54, 1.807) is 29.7 Å². The number of rotatable bonds is 5. The predicted octanol–water partition coefficient (Wildman–Crippen LogP) is 4.74. The van der Waals surface area contributed by atoms with Gasteiger partial charge in [0.25, 0.3) is 5.91 Å². The summed E-state index contributed by atoms with van der Waals surface area (Å²) in [5.74, 6) is -1.13. The summed E-state index contributed by atoms with van der Waals surface area (Å²) in [6.45, 7) is 4.09. The largest absolute Gasteiger partial charge is 0.324 e. The standard InChI is InChI=1S/C24H26FN3O3S/c1-17-8-10-20(32(30,31)28-14-4-3-7-18(28)2)16-21(17)24(29)26-23-15-19(9-11-22(23)25)27-12-5-6-13-27/h5-6,8-13,15-16,18H,3-4,7,14H2,1-2H3,(H,26,29). The molecular weight excluding hydrogens is 429 g/mol. The number of amides is 1. The van der Waals surface area contributed by atoms with Crippen molar-refractivity contribution in [2.24, 2.45) is 0 Å². The Morgan fingerprint density at radius 2 is 1.84 bits per heavy atom. The summed E-state index contributed by atoms with van der Waals surface area (Å²) in [4.78, 5) is 13.1. The molecule has 0 spiro atoms. The molecule has 1 atom stereocenters. The first-order valence-corrected chi connectivity index (χ1v) is 12.1. The number of nitrogens with zero attached hydrogens (tertiary/aromatic N) is 2. The van der Waals surface area contributed by atoms with Gasteiger partial charge in [-0.2, -0.15) is 4.31 Å². The number of benzene rings is 2. The minimum absolute atomic E-state index is 0.0264. The van der Waals surface area contributed by atoms with Crippen LogP contribution in [-0.2, 0) is 10.0 Å². The highest BCUT2D eigenvalue weighted by molar-refractivity contribution is 7.89. The topological polar surface area (TPSA) is 71.4 Å². The number of aromatic nitrogens is 1. The number of hydrogen-bond acceptors (Lipinski definition) is 3. The van der Waals surface area contributed by atoms with E-state index in [0.29, 0.717) is 17.8 Å². The van der Waals surface area contributed by atoms with Crippen LogP contribution in [0.1, 0.15) is 42.1 Å². The summed E-state index contributed by atoms with van der Waals surface area (Å²) in [5.41, 5.74) is 1.52. The maximum atomic E-state index is 14.4. The van der Waals surface area contributed by atoms with Crippen molar-refractivity contribution in [1.82, 2.24) is 8.87 Å². The van der Waals surface area contributed by atoms with Crippen molar-refractivity contribution in [1.29, 1.82) is 0 Å². The molecule has 1 aromatic heterocycles. The lowest BCUT2D eigenvalue weighted by Gasteiger charge is -2.32. The second-order valence-electron chi connectivity index (χ2n) is 8.15. The molecule has 4 rings (SSSR count). The number of hydrogen-bond donors (Lipinski definition) is 1. The van der Waals surface area contributed by atoms with Gasteiger partial charge in [0.05, 0.1) is 10.6 Å². The second kappa shape index (κ2) is 8.88. The van der Waals surface area contributed by atoms with Crippen molar-refractivity contribution in [3.05, 3.63) is 77.9 Å². The van der Waals surface area contributed by atoms with Crippen LogP contribution in [0.4, 0.5) is 10.1 Å². The molecule has 1 fully saturated rings. The van der Waals surface area contributed by atoms with Crippen molar-refractivity contribution in [2.45, 2.75) is 44.0 Å². The Kier molecular flexibility index (Phi) is 6.17. The quantitative estimate of drug-likeness (QED) is 0.604. The zero-order chi connectivity index (χ0) is 22.9. The van der Waals surface area contributed by atoms with Crippen LogP contribution in [0.2, 0.25) is 0 Å². The van der Waals surface area contributed by atoms with Crippen LogP contribution in [0.5, 0.6) is 0 Å². The molecule has 1 aliphatic heterocycles. The fourth-order valence-electron chi connectivity index (χ4n) is 4.04. The fraction of sp³-hybridized carbons (Fsp3) is 0.292. The lowest BCUT2D eigenvalue weighted by atomic mass is 10.1. The van der Waals surface area contributed by atoms with Gasteiger partial charge < -0.3 is 9.88 Å². The molecule has 2 aromatic carbocycles. The highest BCUT2D eigenvalue weighted by Crippen LogP contribution is 2.27. The van der Waals surface area contributed by atoms with E-state index in [2.05, 4.69) is 5.32 Å². The monoisotopic (exact) mass is 455 g/mol. The summed E-state index contributed by atoms with van der Waals surface area (Å²) in [7, 11) is -3.73. The summed E-state index contributed by atoms with van der Waals surface area (Å²) in [6.07, 6.45) is 6.27. The van der Waals surface area contributed by atoms with Crippen molar-refractivity contribution in [2.75, 3.05) is 11.9 Å². The molecule has 0 bridgehead atoms. The lowest BCUT2D eigenvalue weighted by molar-refractivity contribution is 0.102. The molecule has 2 heterocycles. The molecule has 3 aromatic rings. The fourth-order valence-corrected chi connectivity index (χ4v) is 5.76. The van der Waals surface area contributed by atoms with Gasteiger partial charge in [0.2, 0.25) is 10.0 Å². The van der Waals surface area contributed by atoms with Crippen LogP contribution in [0, 0.1) is 12.7 Å². The molecule has 1 saturated heterocycles. The van der Waals surface area contributed by atoms with Gasteiger partial charge in [-0.25, -0.2) is 12.8 Å². The summed E-state index contributed by atoms with van der Waals surface area (Å²) in [5, 5.41) is 2.60. The van der Waals surface area contributed by atoms with Crippen LogP contribution in [0.3, 0.4) is 0 Å². The smallest absolute Gasteiger partial charge is 0.256 e. The first kappa shape index (κ1) is 22.2. The number of piperidine rings is 1. The zero-order valence-corrected chi connectivity index (χ0v) is 18.9. The highest BCUT2D eigenvalue weighted by Gasteiger charge is 2.31. The van der Waals surface area contributed by atoms with Crippen molar-refractivity contribution in [3.8, 4) is 5.69 Å². The molecule has 1 N–H and O–H groups in total. The first-order chi connectivity index (χ1) is 15.3. The average molecular weight is 456 g/mol. The molecule has 0 aliphatic carbocycles. The Balaban J connectivity index is 1.63. The van der Waals surface area contributed by atoms with Crippen molar-refractivity contribution in [3.63, 3.8) is 0 Å². The third-order valence-electron chi connectivity index (χ3n) is 5.90. The van der Waals surface area contributed by atoms with E-state index in [-0.39, 0.29) is 22.2 Å². The molecule has 6 nitrogen and oxygen atoms in total. The minimum atomic E-state index is -3.73. The highest BCUT2D eigenvalue weighted by atomic mass is 32.2. The van der Waals surface area contributed by atoms with Crippen LogP contribution in [0.25, 0.3) is 5.69 Å². The lowest BCUT2D eigenvalue weighted by Crippen LogP contribution is -2.42. The number of aryl methyl sites for hydroxylation is 1. The van der Waals surface area contributed by atoms with Gasteiger partial charge in [0, 0.05) is 36.2 Å². The number of nitrogens with one attached hydrogen (secondary N) is 1. The van der Waals surface area contributed by atoms with Gasteiger partial charge in [0.1, 0.15) is 5.82 Å². The molecule has 1 aliphatic rings. The number of carbonyl (C=O) groups excluding carboxylic acids is 1. The summed E-state index contributed by atoms with van der Waals surface area (Å²) in [6, 6.07) is 12.6. The Bertz CT molecular complexity index is 1240. The van der Waals surface area contributed by atoms with Gasteiger partial charge in [0.15, 0.2) is 0 Å². The van der Waals surface area contributed by atoms with Crippen molar-refractivity contribution < 1.29 is 17.6 Å². The van der Waals surface area contributed by atoms with Gasteiger partial charge in [-0.1, -0.05) is 12.5 Å². The Hall–Kier alpha value is -2.97. The first-order valence-electron chi connectivity index (χ1n) is 10.6. The van der Waals surface area contributed by atoms with Crippen molar-refractivity contribution >= 4 is 21.6 Å². The van der Waals surface area contributed by atoms with Crippen LogP contribution < -0.4 is 5.32 Å². The molecule has 32 heavy (non-hydrogen) atoms. The Labute approximate surface area is 187 Å². The van der Waals surface area contributed by atoms with Crippen LogP contribution in [0.15, 0.2) is 65.8 Å². The normalized spacial score (nSPS) is 17.3. The minimum Gasteiger partial charge on any atom is -0.324 e. The molecule has 8 heteroatoms. The van der Waals surface area contributed by atoms with Gasteiger partial charge >= 0.3 is 0 Å². The third kappa shape index (κ3) is 4.33. The number of anilines is 1. The zero-order valence-electron chi connectivity index (χ0n) is 18.1. The molecular formula is C24H26FN3O3S. The predicted molar refractivity (Wildman–Crippen MR) is 122 cm³/mol. The van der Waals surface area contributed by atoms with E-state index in [0.717, 1.165) is 19.3 Å². The second-order valence-corrected chi connectivity index (χ2v) is 10.0. The number of carbonyl (C=O) groups is 1. The molecule has 168 valence electrons. The van der Waals surface area contributed by atoms with Gasteiger partial charge in [-0.15, -0.1) is 0 Å².